The summed E-state index contributed by atoms with van der Waals surface area (Å²) in [5, 5.41) is 5.76. The van der Waals surface area contributed by atoms with Crippen molar-refractivity contribution in [3.05, 3.63) is 47.0 Å². The van der Waals surface area contributed by atoms with Crippen molar-refractivity contribution in [1.82, 2.24) is 5.32 Å². The Labute approximate surface area is 158 Å². The average Bonchev–Trinajstić information content (AvgIpc) is 3.32. The van der Waals surface area contributed by atoms with Crippen LogP contribution in [0.15, 0.2) is 30.3 Å². The van der Waals surface area contributed by atoms with Crippen LogP contribution in [0, 0.1) is 0 Å². The lowest BCUT2D eigenvalue weighted by Crippen LogP contribution is -2.30. The highest BCUT2D eigenvalue weighted by Gasteiger charge is 2.26. The van der Waals surface area contributed by atoms with Crippen molar-refractivity contribution >= 4 is 11.7 Å². The fraction of sp³-hybridized carbons (Fsp3) is 0.381. The highest BCUT2D eigenvalue weighted by molar-refractivity contribution is 5.89. The number of carbonyl (C=O) groups excluding carboxylic acids is 1. The van der Waals surface area contributed by atoms with E-state index in [1.165, 1.54) is 16.7 Å². The lowest BCUT2D eigenvalue weighted by Gasteiger charge is -2.14. The largest absolute Gasteiger partial charge is 0.494 e. The number of carbonyl (C=O) groups is 1. The van der Waals surface area contributed by atoms with Crippen molar-refractivity contribution in [2.45, 2.75) is 26.2 Å². The van der Waals surface area contributed by atoms with Crippen LogP contribution in [-0.2, 0) is 19.3 Å². The topological polar surface area (TPSA) is 68.8 Å². The van der Waals surface area contributed by atoms with Crippen LogP contribution in [0.2, 0.25) is 0 Å². The van der Waals surface area contributed by atoms with Crippen LogP contribution in [0.5, 0.6) is 17.2 Å². The van der Waals surface area contributed by atoms with Crippen molar-refractivity contribution in [1.29, 1.82) is 0 Å². The highest BCUT2D eigenvalue weighted by atomic mass is 16.5. The van der Waals surface area contributed by atoms with Gasteiger partial charge in [-0.3, -0.25) is 0 Å². The van der Waals surface area contributed by atoms with Gasteiger partial charge in [0.1, 0.15) is 17.2 Å². The number of rotatable bonds is 6. The van der Waals surface area contributed by atoms with Crippen LogP contribution >= 0.6 is 0 Å². The molecule has 0 unspecified atom stereocenters. The van der Waals surface area contributed by atoms with Crippen molar-refractivity contribution in [3.63, 3.8) is 0 Å². The zero-order valence-corrected chi connectivity index (χ0v) is 15.5. The van der Waals surface area contributed by atoms with E-state index in [1.54, 1.807) is 0 Å². The minimum absolute atomic E-state index is 0.222. The molecule has 2 heterocycles. The lowest BCUT2D eigenvalue weighted by molar-refractivity contribution is 0.252. The van der Waals surface area contributed by atoms with Crippen LogP contribution in [0.25, 0.3) is 0 Å². The molecule has 2 aliphatic heterocycles. The molecule has 2 aromatic carbocycles. The summed E-state index contributed by atoms with van der Waals surface area (Å²) in [4.78, 5) is 12.2. The minimum atomic E-state index is -0.222. The van der Waals surface area contributed by atoms with Crippen molar-refractivity contribution in [2.75, 3.05) is 31.7 Å². The molecule has 27 heavy (non-hydrogen) atoms. The van der Waals surface area contributed by atoms with Gasteiger partial charge >= 0.3 is 6.03 Å². The molecule has 6 nitrogen and oxygen atoms in total. The van der Waals surface area contributed by atoms with Gasteiger partial charge in [-0.05, 0) is 43.7 Å². The molecule has 0 radical (unpaired) electrons. The van der Waals surface area contributed by atoms with Crippen LogP contribution in [0.3, 0.4) is 0 Å². The molecule has 4 rings (SSSR count). The van der Waals surface area contributed by atoms with Gasteiger partial charge in [-0.1, -0.05) is 0 Å². The smallest absolute Gasteiger partial charge is 0.319 e. The van der Waals surface area contributed by atoms with Crippen LogP contribution in [-0.4, -0.2) is 32.4 Å². The van der Waals surface area contributed by atoms with Gasteiger partial charge in [-0.2, -0.15) is 0 Å². The van der Waals surface area contributed by atoms with E-state index in [-0.39, 0.29) is 6.03 Å². The summed E-state index contributed by atoms with van der Waals surface area (Å²) in [6.45, 7) is 4.53. The van der Waals surface area contributed by atoms with E-state index < -0.39 is 0 Å². The molecule has 2 aromatic rings. The Morgan fingerprint density at radius 3 is 2.78 bits per heavy atom. The van der Waals surface area contributed by atoms with Gasteiger partial charge in [-0.15, -0.1) is 0 Å². The van der Waals surface area contributed by atoms with Crippen molar-refractivity contribution < 1.29 is 19.0 Å². The van der Waals surface area contributed by atoms with E-state index in [1.807, 2.05) is 31.2 Å². The van der Waals surface area contributed by atoms with Gasteiger partial charge in [0.15, 0.2) is 0 Å². The molecular weight excluding hydrogens is 344 g/mol. The fourth-order valence-corrected chi connectivity index (χ4v) is 3.63. The number of hydrogen-bond acceptors (Lipinski definition) is 4. The zero-order chi connectivity index (χ0) is 18.6. The second-order valence-corrected chi connectivity index (χ2v) is 6.61. The monoisotopic (exact) mass is 368 g/mol. The normalized spacial score (nSPS) is 14.0. The Morgan fingerprint density at radius 1 is 1.15 bits per heavy atom. The molecule has 0 atom stereocenters. The van der Waals surface area contributed by atoms with Crippen molar-refractivity contribution in [3.8, 4) is 17.2 Å². The number of urea groups is 1. The van der Waals surface area contributed by atoms with Crippen LogP contribution in [0.1, 0.15) is 23.6 Å². The maximum Gasteiger partial charge on any atom is 0.319 e. The summed E-state index contributed by atoms with van der Waals surface area (Å²) in [5.41, 5.74) is 4.35. The number of amides is 2. The Balaban J connectivity index is 1.34. The number of benzene rings is 2. The molecule has 0 saturated carbocycles. The Bertz CT molecular complexity index is 801. The van der Waals surface area contributed by atoms with E-state index in [4.69, 9.17) is 14.2 Å². The summed E-state index contributed by atoms with van der Waals surface area (Å²) in [5.74, 6) is 2.76. The molecule has 0 bridgehead atoms. The maximum absolute atomic E-state index is 12.2. The summed E-state index contributed by atoms with van der Waals surface area (Å²) >= 11 is 0. The van der Waals surface area contributed by atoms with Crippen LogP contribution < -0.4 is 24.8 Å². The zero-order valence-electron chi connectivity index (χ0n) is 15.5. The van der Waals surface area contributed by atoms with E-state index in [9.17, 15) is 4.79 Å². The van der Waals surface area contributed by atoms with Gasteiger partial charge in [0, 0.05) is 41.8 Å². The molecule has 2 amide bonds. The summed E-state index contributed by atoms with van der Waals surface area (Å²) in [7, 11) is 0. The van der Waals surface area contributed by atoms with Gasteiger partial charge in [0.05, 0.1) is 19.8 Å². The Kier molecular flexibility index (Phi) is 5.05. The van der Waals surface area contributed by atoms with Crippen molar-refractivity contribution in [2.24, 2.45) is 0 Å². The molecule has 2 aliphatic rings. The highest BCUT2D eigenvalue weighted by Crippen LogP contribution is 2.40. The van der Waals surface area contributed by atoms with E-state index >= 15 is 0 Å². The standard InChI is InChI=1S/C21H24N2O4/c1-2-25-16-5-3-15(4-6-16)23-21(24)22-10-7-18-17-9-12-26-19(17)13-14-8-11-27-20(14)18/h3-6,13H,2,7-12H2,1H3,(H2,22,23,24). The quantitative estimate of drug-likeness (QED) is 0.821. The fourth-order valence-electron chi connectivity index (χ4n) is 3.63. The van der Waals surface area contributed by atoms with E-state index in [2.05, 4.69) is 16.7 Å². The summed E-state index contributed by atoms with van der Waals surface area (Å²) in [6, 6.07) is 9.22. The Hall–Kier alpha value is -2.89. The van der Waals surface area contributed by atoms with Crippen LogP contribution in [0.4, 0.5) is 10.5 Å². The summed E-state index contributed by atoms with van der Waals surface area (Å²) in [6.07, 6.45) is 2.55. The molecule has 0 spiro atoms. The first-order valence-electron chi connectivity index (χ1n) is 9.45. The summed E-state index contributed by atoms with van der Waals surface area (Å²) < 4.78 is 17.0. The average molecular weight is 368 g/mol. The Morgan fingerprint density at radius 2 is 1.96 bits per heavy atom. The van der Waals surface area contributed by atoms with Gasteiger partial charge in [0.25, 0.3) is 0 Å². The van der Waals surface area contributed by atoms with Gasteiger partial charge in [0.2, 0.25) is 0 Å². The minimum Gasteiger partial charge on any atom is -0.494 e. The third-order valence-corrected chi connectivity index (χ3v) is 4.84. The van der Waals surface area contributed by atoms with E-state index in [0.29, 0.717) is 13.2 Å². The third-order valence-electron chi connectivity index (χ3n) is 4.84. The number of ether oxygens (including phenoxy) is 3. The SMILES string of the molecule is CCOc1ccc(NC(=O)NCCc2c3c(cc4c2OCC4)OCC3)cc1. The first-order valence-corrected chi connectivity index (χ1v) is 9.45. The molecule has 0 aromatic heterocycles. The molecule has 0 fully saturated rings. The third kappa shape index (κ3) is 3.79. The second kappa shape index (κ2) is 7.78. The predicted octanol–water partition coefficient (Wildman–Crippen LogP) is 3.32. The maximum atomic E-state index is 12.2. The number of nitrogens with one attached hydrogen (secondary N) is 2. The predicted molar refractivity (Wildman–Crippen MR) is 103 cm³/mol. The first-order chi connectivity index (χ1) is 13.2. The van der Waals surface area contributed by atoms with Gasteiger partial charge in [-0.25, -0.2) is 4.79 Å². The molecule has 2 N–H and O–H groups in total. The molecule has 0 saturated heterocycles. The molecule has 0 aliphatic carbocycles. The number of fused-ring (bicyclic) bond motifs is 2. The molecular formula is C21H24N2O4. The second-order valence-electron chi connectivity index (χ2n) is 6.61. The molecule has 142 valence electrons. The first kappa shape index (κ1) is 17.5. The lowest BCUT2D eigenvalue weighted by atomic mass is 9.97. The number of anilines is 1. The van der Waals surface area contributed by atoms with E-state index in [0.717, 1.165) is 55.4 Å². The number of hydrogen-bond donors (Lipinski definition) is 2. The molecule has 6 heteroatoms. The van der Waals surface area contributed by atoms with Gasteiger partial charge < -0.3 is 24.8 Å².